The van der Waals surface area contributed by atoms with Crippen LogP contribution >= 0.6 is 27.3 Å². The lowest BCUT2D eigenvalue weighted by atomic mass is 9.96. The average molecular weight is 515 g/mol. The second kappa shape index (κ2) is 8.14. The molecule has 2 aromatic carbocycles. The van der Waals surface area contributed by atoms with Crippen molar-refractivity contribution < 1.29 is 24.1 Å². The van der Waals surface area contributed by atoms with Gasteiger partial charge in [-0.1, -0.05) is 18.2 Å². The Labute approximate surface area is 197 Å². The third-order valence-corrected chi connectivity index (χ3v) is 7.29. The Kier molecular flexibility index (Phi) is 5.30. The Morgan fingerprint density at radius 1 is 1.16 bits per heavy atom. The summed E-state index contributed by atoms with van der Waals surface area (Å²) in [6, 6.07) is 15.2. The van der Waals surface area contributed by atoms with Crippen LogP contribution in [0.5, 0.6) is 17.2 Å². The van der Waals surface area contributed by atoms with E-state index in [4.69, 9.17) is 19.3 Å². The highest BCUT2D eigenvalue weighted by atomic mass is 79.9. The van der Waals surface area contributed by atoms with Crippen LogP contribution in [0.4, 0.5) is 0 Å². The third-order valence-electron chi connectivity index (χ3n) is 5.61. The number of carboxylic acid groups (broad SMARTS) is 1. The number of benzene rings is 2. The normalized spacial score (nSPS) is 19.0. The maximum Gasteiger partial charge on any atom is 0.340 e. The summed E-state index contributed by atoms with van der Waals surface area (Å²) in [6.45, 7) is 0. The number of rotatable bonds is 5. The predicted molar refractivity (Wildman–Crippen MR) is 124 cm³/mol. The van der Waals surface area contributed by atoms with E-state index in [2.05, 4.69) is 15.9 Å². The molecule has 1 N–H and O–H groups in total. The minimum absolute atomic E-state index is 0.00232. The number of carboxylic acids is 1. The highest BCUT2D eigenvalue weighted by Gasteiger charge is 2.43. The van der Waals surface area contributed by atoms with Crippen molar-refractivity contribution in [3.8, 4) is 17.2 Å². The summed E-state index contributed by atoms with van der Waals surface area (Å²) in [7, 11) is 2.90. The molecule has 5 rings (SSSR count). The van der Waals surface area contributed by atoms with Crippen LogP contribution in [0.25, 0.3) is 0 Å². The van der Waals surface area contributed by atoms with Crippen molar-refractivity contribution >= 4 is 38.9 Å². The number of thiophene rings is 1. The zero-order valence-electron chi connectivity index (χ0n) is 17.2. The minimum atomic E-state index is -1.12. The van der Waals surface area contributed by atoms with Gasteiger partial charge in [-0.25, -0.2) is 9.80 Å². The standard InChI is InChI=1S/C23H19BrN2O5S/c1-29-17-8-7-13(20(23(27)28)21(17)30-2)22-26-15(12-5-3-4-6-16(12)31-22)11-14(25-26)18-9-10-19(24)32-18/h3-10,15,22H,11H2,1-2H3,(H,27,28)/t15-,22-/m1/s1. The molecule has 0 spiro atoms. The summed E-state index contributed by atoms with van der Waals surface area (Å²) in [5.74, 6) is 0.0894. The molecule has 0 amide bonds. The first-order chi connectivity index (χ1) is 15.5. The summed E-state index contributed by atoms with van der Waals surface area (Å²) in [5.41, 5.74) is 2.41. The first kappa shape index (κ1) is 20.8. The van der Waals surface area contributed by atoms with Gasteiger partial charge >= 0.3 is 5.97 Å². The lowest BCUT2D eigenvalue weighted by Crippen LogP contribution is -2.34. The van der Waals surface area contributed by atoms with Gasteiger partial charge in [0.2, 0.25) is 6.23 Å². The van der Waals surface area contributed by atoms with Crippen LogP contribution in [-0.2, 0) is 0 Å². The van der Waals surface area contributed by atoms with Gasteiger partial charge in [-0.2, -0.15) is 5.10 Å². The summed E-state index contributed by atoms with van der Waals surface area (Å²) in [6.07, 6.45) is -0.0406. The molecule has 0 aliphatic carbocycles. The maximum atomic E-state index is 12.3. The zero-order chi connectivity index (χ0) is 22.4. The van der Waals surface area contributed by atoms with Crippen molar-refractivity contribution in [2.24, 2.45) is 5.10 Å². The molecular formula is C23H19BrN2O5S. The van der Waals surface area contributed by atoms with Crippen LogP contribution in [0, 0.1) is 0 Å². The van der Waals surface area contributed by atoms with E-state index in [1.165, 1.54) is 14.2 Å². The first-order valence-electron chi connectivity index (χ1n) is 9.87. The summed E-state index contributed by atoms with van der Waals surface area (Å²) in [5, 5.41) is 16.8. The number of aromatic carboxylic acids is 1. The molecule has 0 unspecified atom stereocenters. The number of carbonyl (C=O) groups is 1. The number of hydrogen-bond donors (Lipinski definition) is 1. The topological polar surface area (TPSA) is 80.6 Å². The molecule has 1 aromatic heterocycles. The Morgan fingerprint density at radius 2 is 1.97 bits per heavy atom. The van der Waals surface area contributed by atoms with Crippen LogP contribution in [0.15, 0.2) is 57.4 Å². The molecule has 2 aliphatic heterocycles. The number of para-hydroxylation sites is 1. The molecule has 0 bridgehead atoms. The maximum absolute atomic E-state index is 12.3. The zero-order valence-corrected chi connectivity index (χ0v) is 19.6. The van der Waals surface area contributed by atoms with E-state index in [9.17, 15) is 9.90 Å². The summed E-state index contributed by atoms with van der Waals surface area (Å²) < 4.78 is 18.1. The quantitative estimate of drug-likeness (QED) is 0.486. The lowest BCUT2D eigenvalue weighted by molar-refractivity contribution is -0.0199. The van der Waals surface area contributed by atoms with E-state index in [0.717, 1.165) is 19.9 Å². The van der Waals surface area contributed by atoms with Gasteiger partial charge in [-0.15, -0.1) is 11.3 Å². The van der Waals surface area contributed by atoms with Crippen molar-refractivity contribution in [2.45, 2.75) is 18.7 Å². The molecule has 3 heterocycles. The second-order valence-corrected chi connectivity index (χ2v) is 9.79. The number of halogens is 1. The highest BCUT2D eigenvalue weighted by Crippen LogP contribution is 2.49. The van der Waals surface area contributed by atoms with Gasteiger partial charge in [0.25, 0.3) is 0 Å². The van der Waals surface area contributed by atoms with Gasteiger partial charge in [-0.05, 0) is 46.3 Å². The Morgan fingerprint density at radius 3 is 2.66 bits per heavy atom. The fourth-order valence-corrected chi connectivity index (χ4v) is 5.61. The molecule has 3 aromatic rings. The van der Waals surface area contributed by atoms with Gasteiger partial charge < -0.3 is 19.3 Å². The Bertz CT molecular complexity index is 1240. The number of ether oxygens (including phenoxy) is 3. The molecule has 0 saturated heterocycles. The summed E-state index contributed by atoms with van der Waals surface area (Å²) in [4.78, 5) is 13.4. The predicted octanol–water partition coefficient (Wildman–Crippen LogP) is 5.47. The van der Waals surface area contributed by atoms with Crippen LogP contribution in [0.3, 0.4) is 0 Å². The van der Waals surface area contributed by atoms with Crippen LogP contribution in [0.1, 0.15) is 45.1 Å². The number of hydrazone groups is 1. The molecule has 9 heteroatoms. The Hall–Kier alpha value is -3.04. The largest absolute Gasteiger partial charge is 0.493 e. The van der Waals surface area contributed by atoms with Crippen molar-refractivity contribution in [1.82, 2.24) is 5.01 Å². The molecule has 7 nitrogen and oxygen atoms in total. The van der Waals surface area contributed by atoms with Gasteiger partial charge in [0.05, 0.1) is 34.6 Å². The van der Waals surface area contributed by atoms with E-state index >= 15 is 0 Å². The smallest absolute Gasteiger partial charge is 0.340 e. The van der Waals surface area contributed by atoms with Gasteiger partial charge in [-0.3, -0.25) is 0 Å². The van der Waals surface area contributed by atoms with Crippen molar-refractivity contribution in [2.75, 3.05) is 14.2 Å². The first-order valence-corrected chi connectivity index (χ1v) is 11.5. The summed E-state index contributed by atoms with van der Waals surface area (Å²) >= 11 is 5.14. The van der Waals surface area contributed by atoms with Gasteiger partial charge in [0.15, 0.2) is 11.5 Å². The minimum Gasteiger partial charge on any atom is -0.493 e. The lowest BCUT2D eigenvalue weighted by Gasteiger charge is -2.38. The fourth-order valence-electron chi connectivity index (χ4n) is 4.23. The number of fused-ring (bicyclic) bond motifs is 3. The van der Waals surface area contributed by atoms with E-state index < -0.39 is 12.2 Å². The van der Waals surface area contributed by atoms with Crippen molar-refractivity contribution in [3.63, 3.8) is 0 Å². The second-order valence-electron chi connectivity index (χ2n) is 7.33. The molecule has 0 radical (unpaired) electrons. The van der Waals surface area contributed by atoms with Crippen molar-refractivity contribution in [1.29, 1.82) is 0 Å². The van der Waals surface area contributed by atoms with Crippen LogP contribution in [-0.4, -0.2) is 36.0 Å². The molecule has 2 atom stereocenters. The molecule has 164 valence electrons. The average Bonchev–Trinajstić information content (AvgIpc) is 3.44. The van der Waals surface area contributed by atoms with E-state index in [1.807, 2.05) is 41.4 Å². The van der Waals surface area contributed by atoms with Gasteiger partial charge in [0.1, 0.15) is 11.3 Å². The van der Waals surface area contributed by atoms with Crippen molar-refractivity contribution in [3.05, 3.63) is 73.9 Å². The monoisotopic (exact) mass is 514 g/mol. The van der Waals surface area contributed by atoms with E-state index in [-0.39, 0.29) is 17.4 Å². The SMILES string of the molecule is COc1ccc([C@H]2Oc3ccccc3[C@H]3CC(c4ccc(Br)s4)=NN32)c(C(=O)O)c1OC. The highest BCUT2D eigenvalue weighted by molar-refractivity contribution is 9.11. The molecule has 0 saturated carbocycles. The Balaban J connectivity index is 1.67. The van der Waals surface area contributed by atoms with Gasteiger partial charge in [0, 0.05) is 17.5 Å². The molecule has 2 aliphatic rings. The third kappa shape index (κ3) is 3.32. The van der Waals surface area contributed by atoms with E-state index in [0.29, 0.717) is 23.5 Å². The fraction of sp³-hybridized carbons (Fsp3) is 0.217. The number of methoxy groups -OCH3 is 2. The van der Waals surface area contributed by atoms with Crippen LogP contribution in [0.2, 0.25) is 0 Å². The van der Waals surface area contributed by atoms with E-state index in [1.54, 1.807) is 23.5 Å². The number of nitrogens with zero attached hydrogens (tertiary/aromatic N) is 2. The molecule has 32 heavy (non-hydrogen) atoms. The van der Waals surface area contributed by atoms with Crippen LogP contribution < -0.4 is 14.2 Å². The number of hydrogen-bond acceptors (Lipinski definition) is 7. The molecular weight excluding hydrogens is 496 g/mol. The molecule has 0 fully saturated rings.